The van der Waals surface area contributed by atoms with Crippen molar-refractivity contribution in [2.45, 2.75) is 26.8 Å². The zero-order chi connectivity index (χ0) is 15.4. The molecule has 2 rings (SSSR count). The van der Waals surface area contributed by atoms with Gasteiger partial charge in [-0.1, -0.05) is 36.2 Å². The first-order chi connectivity index (χ1) is 10.0. The fourth-order valence-electron chi connectivity index (χ4n) is 2.22. The molecule has 0 saturated heterocycles. The van der Waals surface area contributed by atoms with Gasteiger partial charge in [0.1, 0.15) is 5.82 Å². The van der Waals surface area contributed by atoms with Crippen LogP contribution in [0.2, 0.25) is 10.0 Å². The molecule has 112 valence electrons. The van der Waals surface area contributed by atoms with Gasteiger partial charge in [-0.3, -0.25) is 0 Å². The van der Waals surface area contributed by atoms with Crippen molar-refractivity contribution < 1.29 is 4.39 Å². The molecular weight excluding hydrogens is 308 g/mol. The third kappa shape index (κ3) is 3.97. The maximum Gasteiger partial charge on any atom is 0.127 e. The first kappa shape index (κ1) is 16.3. The van der Waals surface area contributed by atoms with Crippen LogP contribution in [0, 0.1) is 12.7 Å². The molecule has 0 aromatic heterocycles. The molecule has 4 heteroatoms. The van der Waals surface area contributed by atoms with Gasteiger partial charge in [-0.25, -0.2) is 4.39 Å². The zero-order valence-corrected chi connectivity index (χ0v) is 13.7. The summed E-state index contributed by atoms with van der Waals surface area (Å²) in [5, 5.41) is 4.41. The molecule has 0 unspecified atom stereocenters. The highest BCUT2D eigenvalue weighted by Gasteiger charge is 2.12. The van der Waals surface area contributed by atoms with Crippen molar-refractivity contribution >= 4 is 23.2 Å². The quantitative estimate of drug-likeness (QED) is 0.705. The average Bonchev–Trinajstić information content (AvgIpc) is 2.45. The van der Waals surface area contributed by atoms with Crippen molar-refractivity contribution in [3.63, 3.8) is 0 Å². The number of benzene rings is 2. The Bertz CT molecular complexity index is 641. The molecule has 2 aromatic carbocycles. The van der Waals surface area contributed by atoms with E-state index in [9.17, 15) is 4.39 Å². The summed E-state index contributed by atoms with van der Waals surface area (Å²) in [6, 6.07) is 8.85. The van der Waals surface area contributed by atoms with E-state index in [1.807, 2.05) is 18.2 Å². The van der Waals surface area contributed by atoms with Crippen LogP contribution in [0.4, 0.5) is 4.39 Å². The lowest BCUT2D eigenvalue weighted by Gasteiger charge is -2.14. The van der Waals surface area contributed by atoms with E-state index in [1.54, 1.807) is 13.0 Å². The molecule has 0 bridgehead atoms. The molecule has 0 aliphatic rings. The molecule has 0 saturated carbocycles. The van der Waals surface area contributed by atoms with E-state index in [0.717, 1.165) is 36.2 Å². The van der Waals surface area contributed by atoms with Gasteiger partial charge in [0.05, 0.1) is 5.02 Å². The van der Waals surface area contributed by atoms with E-state index in [1.165, 1.54) is 6.07 Å². The molecule has 0 radical (unpaired) electrons. The predicted octanol–water partition coefficient (Wildman–Crippen LogP) is 5.61. The Balaban J connectivity index is 2.46. The van der Waals surface area contributed by atoms with Crippen LogP contribution in [-0.4, -0.2) is 6.54 Å². The van der Waals surface area contributed by atoms with Crippen LogP contribution in [0.15, 0.2) is 30.3 Å². The minimum atomic E-state index is -0.295. The number of aryl methyl sites for hydroxylation is 1. The van der Waals surface area contributed by atoms with Gasteiger partial charge in [0.2, 0.25) is 0 Å². The Kier molecular flexibility index (Phi) is 5.63. The highest BCUT2D eigenvalue weighted by Crippen LogP contribution is 2.34. The standard InChI is InChI=1S/C17H18Cl2FN/c1-3-6-21-10-12-4-5-13(18)8-14(12)15-7-11(2)17(20)9-16(15)19/h4-5,7-9,21H,3,6,10H2,1-2H3. The van der Waals surface area contributed by atoms with Gasteiger partial charge < -0.3 is 5.32 Å². The van der Waals surface area contributed by atoms with Crippen LogP contribution < -0.4 is 5.32 Å². The monoisotopic (exact) mass is 325 g/mol. The lowest BCUT2D eigenvalue weighted by Crippen LogP contribution is -2.14. The number of halogens is 3. The molecule has 1 N–H and O–H groups in total. The van der Waals surface area contributed by atoms with Gasteiger partial charge in [0, 0.05) is 17.1 Å². The summed E-state index contributed by atoms with van der Waals surface area (Å²) < 4.78 is 13.6. The highest BCUT2D eigenvalue weighted by molar-refractivity contribution is 6.34. The topological polar surface area (TPSA) is 12.0 Å². The number of nitrogens with one attached hydrogen (secondary N) is 1. The molecule has 0 atom stereocenters. The van der Waals surface area contributed by atoms with Crippen molar-refractivity contribution in [2.75, 3.05) is 6.54 Å². The van der Waals surface area contributed by atoms with Gasteiger partial charge in [-0.05, 0) is 60.8 Å². The second-order valence-electron chi connectivity index (χ2n) is 5.06. The molecule has 1 nitrogen and oxygen atoms in total. The molecule has 0 aliphatic carbocycles. The molecule has 0 amide bonds. The molecule has 0 fully saturated rings. The lowest BCUT2D eigenvalue weighted by molar-refractivity contribution is 0.619. The Labute approximate surface area is 135 Å². The number of hydrogen-bond donors (Lipinski definition) is 1. The minimum Gasteiger partial charge on any atom is -0.313 e. The average molecular weight is 326 g/mol. The Hall–Kier alpha value is -1.09. The van der Waals surface area contributed by atoms with Gasteiger partial charge in [-0.15, -0.1) is 0 Å². The van der Waals surface area contributed by atoms with Crippen molar-refractivity contribution in [2.24, 2.45) is 0 Å². The summed E-state index contributed by atoms with van der Waals surface area (Å²) >= 11 is 12.3. The molecule has 0 aliphatic heterocycles. The lowest BCUT2D eigenvalue weighted by atomic mass is 9.98. The molecule has 2 aromatic rings. The van der Waals surface area contributed by atoms with E-state index < -0.39 is 0 Å². The maximum absolute atomic E-state index is 13.6. The van der Waals surface area contributed by atoms with E-state index in [-0.39, 0.29) is 5.82 Å². The maximum atomic E-state index is 13.6. The summed E-state index contributed by atoms with van der Waals surface area (Å²) in [6.45, 7) is 5.52. The van der Waals surface area contributed by atoms with E-state index in [4.69, 9.17) is 23.2 Å². The molecule has 0 heterocycles. The second kappa shape index (κ2) is 7.26. The van der Waals surface area contributed by atoms with Gasteiger partial charge in [0.25, 0.3) is 0 Å². The normalized spacial score (nSPS) is 10.9. The summed E-state index contributed by atoms with van der Waals surface area (Å²) in [4.78, 5) is 0. The third-order valence-corrected chi connectivity index (χ3v) is 3.90. The summed E-state index contributed by atoms with van der Waals surface area (Å²) in [7, 11) is 0. The van der Waals surface area contributed by atoms with Crippen molar-refractivity contribution in [1.82, 2.24) is 5.32 Å². The predicted molar refractivity (Wildman–Crippen MR) is 88.6 cm³/mol. The Morgan fingerprint density at radius 2 is 1.86 bits per heavy atom. The van der Waals surface area contributed by atoms with Crippen molar-refractivity contribution in [3.8, 4) is 11.1 Å². The summed E-state index contributed by atoms with van der Waals surface area (Å²) in [6.07, 6.45) is 1.07. The minimum absolute atomic E-state index is 0.295. The van der Waals surface area contributed by atoms with Crippen LogP contribution in [0.1, 0.15) is 24.5 Å². The second-order valence-corrected chi connectivity index (χ2v) is 5.90. The fraction of sp³-hybridized carbons (Fsp3) is 0.294. The summed E-state index contributed by atoms with van der Waals surface area (Å²) in [5.41, 5.74) is 3.42. The first-order valence-electron chi connectivity index (χ1n) is 6.98. The fourth-order valence-corrected chi connectivity index (χ4v) is 2.64. The van der Waals surface area contributed by atoms with Gasteiger partial charge >= 0.3 is 0 Å². The Morgan fingerprint density at radius 1 is 1.10 bits per heavy atom. The van der Waals surface area contributed by atoms with E-state index in [0.29, 0.717) is 15.6 Å². The highest BCUT2D eigenvalue weighted by atomic mass is 35.5. The summed E-state index contributed by atoms with van der Waals surface area (Å²) in [5.74, 6) is -0.295. The SMILES string of the molecule is CCCNCc1ccc(Cl)cc1-c1cc(C)c(F)cc1Cl. The van der Waals surface area contributed by atoms with E-state index in [2.05, 4.69) is 12.2 Å². The molecule has 0 spiro atoms. The smallest absolute Gasteiger partial charge is 0.127 e. The van der Waals surface area contributed by atoms with Gasteiger partial charge in [-0.2, -0.15) is 0 Å². The molecule has 21 heavy (non-hydrogen) atoms. The van der Waals surface area contributed by atoms with Crippen LogP contribution >= 0.6 is 23.2 Å². The van der Waals surface area contributed by atoms with Crippen molar-refractivity contribution in [3.05, 3.63) is 57.3 Å². The van der Waals surface area contributed by atoms with Crippen LogP contribution in [0.3, 0.4) is 0 Å². The van der Waals surface area contributed by atoms with Crippen LogP contribution in [-0.2, 0) is 6.54 Å². The largest absolute Gasteiger partial charge is 0.313 e. The van der Waals surface area contributed by atoms with Crippen molar-refractivity contribution in [1.29, 1.82) is 0 Å². The van der Waals surface area contributed by atoms with Gasteiger partial charge in [0.15, 0.2) is 0 Å². The van der Waals surface area contributed by atoms with Crippen LogP contribution in [0.25, 0.3) is 11.1 Å². The Morgan fingerprint density at radius 3 is 2.57 bits per heavy atom. The number of rotatable bonds is 5. The van der Waals surface area contributed by atoms with Crippen LogP contribution in [0.5, 0.6) is 0 Å². The third-order valence-electron chi connectivity index (χ3n) is 3.35. The first-order valence-corrected chi connectivity index (χ1v) is 7.73. The molecular formula is C17H18Cl2FN. The number of hydrogen-bond acceptors (Lipinski definition) is 1. The zero-order valence-electron chi connectivity index (χ0n) is 12.1. The van der Waals surface area contributed by atoms with E-state index >= 15 is 0 Å².